The van der Waals surface area contributed by atoms with Gasteiger partial charge >= 0.3 is 0 Å². The number of carbonyl (C=O) groups excluding carboxylic acids is 2. The van der Waals surface area contributed by atoms with Crippen molar-refractivity contribution in [2.24, 2.45) is 67.3 Å². The lowest BCUT2D eigenvalue weighted by Gasteiger charge is -2.47. The normalized spacial score (nSPS) is 39.9. The highest BCUT2D eigenvalue weighted by molar-refractivity contribution is 5.82. The minimum absolute atomic E-state index is 0.0173. The van der Waals surface area contributed by atoms with E-state index < -0.39 is 147 Å². The lowest BCUT2D eigenvalue weighted by atomic mass is 9.84. The number of guanidine groups is 2. The molecule has 21 atom stereocenters. The molecular formula is C35H70N14O15. The van der Waals surface area contributed by atoms with Crippen LogP contribution in [-0.2, 0) is 38.0 Å². The average Bonchev–Trinajstić information content (AvgIpc) is 3.55. The second-order valence-corrected chi connectivity index (χ2v) is 16.4. The van der Waals surface area contributed by atoms with Gasteiger partial charge in [0.25, 0.3) is 0 Å². The summed E-state index contributed by atoms with van der Waals surface area (Å²) in [6, 6.07) is -6.71. The predicted molar refractivity (Wildman–Crippen MR) is 222 cm³/mol. The largest absolute Gasteiger partial charge is 0.394 e. The molecule has 1 saturated carbocycles. The van der Waals surface area contributed by atoms with Crippen molar-refractivity contribution in [2.45, 2.75) is 160 Å². The molecule has 0 radical (unpaired) electrons. The molecule has 2 amide bonds. The lowest BCUT2D eigenvalue weighted by molar-refractivity contribution is -0.307. The third-order valence-electron chi connectivity index (χ3n) is 11.5. The van der Waals surface area contributed by atoms with Crippen molar-refractivity contribution in [2.75, 3.05) is 32.8 Å². The summed E-state index contributed by atoms with van der Waals surface area (Å²) < 4.78 is 35.7. The van der Waals surface area contributed by atoms with E-state index in [2.05, 4.69) is 20.6 Å². The minimum Gasteiger partial charge on any atom is -0.394 e. The van der Waals surface area contributed by atoms with Gasteiger partial charge in [0.05, 0.1) is 36.9 Å². The molecule has 0 aromatic rings. The summed E-state index contributed by atoms with van der Waals surface area (Å²) in [5.74, 6) is -1.40. The van der Waals surface area contributed by atoms with E-state index in [-0.39, 0.29) is 57.4 Å². The first kappa shape index (κ1) is 53.3. The number of carbonyl (C=O) groups is 2. The molecule has 3 saturated heterocycles. The smallest absolute Gasteiger partial charge is 0.237 e. The maximum absolute atomic E-state index is 12.7. The van der Waals surface area contributed by atoms with Crippen LogP contribution in [0.4, 0.5) is 0 Å². The van der Waals surface area contributed by atoms with Crippen LogP contribution >= 0.6 is 0 Å². The van der Waals surface area contributed by atoms with Crippen molar-refractivity contribution in [3.63, 3.8) is 0 Å². The van der Waals surface area contributed by atoms with Crippen LogP contribution in [0.2, 0.25) is 0 Å². The molecule has 3 heterocycles. The lowest BCUT2D eigenvalue weighted by Crippen LogP contribution is -2.68. The van der Waals surface area contributed by atoms with Gasteiger partial charge in [0.15, 0.2) is 30.8 Å². The number of hydrogen-bond acceptors (Lipinski definition) is 23. The molecule has 29 nitrogen and oxygen atoms in total. The van der Waals surface area contributed by atoms with Gasteiger partial charge in [0.1, 0.15) is 67.1 Å². The molecule has 64 heavy (non-hydrogen) atoms. The fourth-order valence-corrected chi connectivity index (χ4v) is 7.66. The first-order chi connectivity index (χ1) is 30.2. The molecule has 0 aromatic carbocycles. The Morgan fingerprint density at radius 2 is 1.00 bits per heavy atom. The number of nitrogens with one attached hydrogen (secondary N) is 2. The molecule has 3 aliphatic heterocycles. The van der Waals surface area contributed by atoms with Gasteiger partial charge in [-0.2, -0.15) is 0 Å². The molecule has 29 N–H and O–H groups in total. The SMILES string of the molecule is NC(N)=NCCC[C@H](N)C(=O)NC[C@@H]1O[C@H](O[C@H]2[C@@H](O)[C@H](O[C@@H]3[C@@H](O)[C@H](N)C[C@H](N)[C@H]3O[C@H]3O[C@H](CNC(=O)[C@@H](N)CCCN=C(N)N)[C@@H](O)[C@H](O)[C@H]3N)O[C@@H]2CO)[C@H](N)[C@@H](O)[C@@H]1O. The summed E-state index contributed by atoms with van der Waals surface area (Å²) >= 11 is 0. The van der Waals surface area contributed by atoms with Crippen LogP contribution in [-0.4, -0.2) is 221 Å². The Labute approximate surface area is 368 Å². The second-order valence-electron chi connectivity index (χ2n) is 16.4. The zero-order valence-electron chi connectivity index (χ0n) is 35.3. The molecule has 4 aliphatic rings. The number of rotatable bonds is 21. The van der Waals surface area contributed by atoms with Crippen molar-refractivity contribution in [3.8, 4) is 0 Å². The van der Waals surface area contributed by atoms with Gasteiger partial charge in [-0.1, -0.05) is 0 Å². The van der Waals surface area contributed by atoms with Crippen LogP contribution in [0, 0.1) is 0 Å². The number of ether oxygens (including phenoxy) is 6. The fourth-order valence-electron chi connectivity index (χ4n) is 7.66. The minimum atomic E-state index is -1.76. The highest BCUT2D eigenvalue weighted by atomic mass is 16.8. The van der Waals surface area contributed by atoms with E-state index in [9.17, 15) is 45.3 Å². The summed E-state index contributed by atoms with van der Waals surface area (Å²) in [5.41, 5.74) is 58.2. The molecule has 29 heteroatoms. The second kappa shape index (κ2) is 24.5. The summed E-state index contributed by atoms with van der Waals surface area (Å²) in [6.45, 7) is -0.938. The van der Waals surface area contributed by atoms with Crippen LogP contribution in [0.25, 0.3) is 0 Å². The molecule has 1 aliphatic carbocycles. The average molecular weight is 927 g/mol. The Morgan fingerprint density at radius 1 is 0.578 bits per heavy atom. The zero-order valence-corrected chi connectivity index (χ0v) is 35.3. The molecule has 0 bridgehead atoms. The van der Waals surface area contributed by atoms with Gasteiger partial charge in [-0.3, -0.25) is 19.6 Å². The third kappa shape index (κ3) is 13.9. The van der Waals surface area contributed by atoms with Gasteiger partial charge in [0.2, 0.25) is 11.8 Å². The van der Waals surface area contributed by atoms with Crippen molar-refractivity contribution in [3.05, 3.63) is 0 Å². The summed E-state index contributed by atoms with van der Waals surface area (Å²) in [6.07, 6.45) is -21.5. The first-order valence-corrected chi connectivity index (χ1v) is 21.0. The quantitative estimate of drug-likeness (QED) is 0.0289. The van der Waals surface area contributed by atoms with Crippen molar-refractivity contribution < 1.29 is 73.8 Å². The Balaban J connectivity index is 1.41. The van der Waals surface area contributed by atoms with Gasteiger partial charge in [-0.05, 0) is 32.1 Å². The van der Waals surface area contributed by atoms with Crippen LogP contribution in [0.5, 0.6) is 0 Å². The fraction of sp³-hybridized carbons (Fsp3) is 0.886. The topological polar surface area (TPSA) is 540 Å². The number of nitrogens with two attached hydrogens (primary N) is 10. The van der Waals surface area contributed by atoms with Gasteiger partial charge in [-0.25, -0.2) is 0 Å². The Morgan fingerprint density at radius 3 is 1.44 bits per heavy atom. The van der Waals surface area contributed by atoms with Gasteiger partial charge in [0, 0.05) is 38.3 Å². The van der Waals surface area contributed by atoms with E-state index in [1.807, 2.05) is 0 Å². The van der Waals surface area contributed by atoms with Crippen LogP contribution < -0.4 is 68.0 Å². The molecule has 4 rings (SSSR count). The molecule has 0 unspecified atom stereocenters. The number of aliphatic hydroxyl groups is 7. The molecule has 0 spiro atoms. The summed E-state index contributed by atoms with van der Waals surface area (Å²) in [5, 5.41) is 81.3. The number of aliphatic imine (C=N–C) groups is 2. The monoisotopic (exact) mass is 927 g/mol. The number of nitrogens with zero attached hydrogens (tertiary/aromatic N) is 2. The van der Waals surface area contributed by atoms with Crippen molar-refractivity contribution in [1.29, 1.82) is 0 Å². The Hall–Kier alpha value is -3.28. The first-order valence-electron chi connectivity index (χ1n) is 21.0. The van der Waals surface area contributed by atoms with Crippen LogP contribution in [0.3, 0.4) is 0 Å². The highest BCUT2D eigenvalue weighted by Gasteiger charge is 2.54. The van der Waals surface area contributed by atoms with E-state index in [1.165, 1.54) is 0 Å². The van der Waals surface area contributed by atoms with Crippen molar-refractivity contribution >= 4 is 23.7 Å². The Kier molecular flexibility index (Phi) is 20.4. The Bertz CT molecular complexity index is 1540. The highest BCUT2D eigenvalue weighted by Crippen LogP contribution is 2.34. The van der Waals surface area contributed by atoms with Gasteiger partial charge < -0.3 is 132 Å². The maximum atomic E-state index is 12.7. The predicted octanol–water partition coefficient (Wildman–Crippen LogP) is -11.8. The summed E-state index contributed by atoms with van der Waals surface area (Å²) in [7, 11) is 0. The standard InChI is InChI=1S/C35H70N14O15/c36-11(3-1-5-46-34(42)43)29(57)48-8-15-21(52)23(54)18(40)31(59-15)62-26-14(39)7-13(38)20(51)28(26)64-33-25(56)27(17(10-50)61-33)63-32-19(41)24(55)22(53)16(60-32)9-49-30(58)12(37)4-2-6-47-35(44)45/h11-28,31-33,50-56H,1-10,36-41H2,(H,48,57)(H,49,58)(H4,42,43,46)(H4,44,45,47)/t11-,12-,13+,14-,15+,16-,17+,18+,19+,20-,21+,22+,23+,24+,25+,26+,27+,28+,31+,32+,33-/m0/s1. The van der Waals surface area contributed by atoms with E-state index in [0.717, 1.165) is 0 Å². The van der Waals surface area contributed by atoms with Crippen LogP contribution in [0.1, 0.15) is 32.1 Å². The van der Waals surface area contributed by atoms with Crippen LogP contribution in [0.15, 0.2) is 9.98 Å². The molecule has 4 fully saturated rings. The molecule has 370 valence electrons. The van der Waals surface area contributed by atoms with E-state index in [1.54, 1.807) is 0 Å². The summed E-state index contributed by atoms with van der Waals surface area (Å²) in [4.78, 5) is 33.0. The zero-order chi connectivity index (χ0) is 47.6. The molecular weight excluding hydrogens is 856 g/mol. The maximum Gasteiger partial charge on any atom is 0.237 e. The van der Waals surface area contributed by atoms with E-state index >= 15 is 0 Å². The number of aliphatic hydroxyl groups excluding tert-OH is 7. The van der Waals surface area contributed by atoms with Crippen molar-refractivity contribution in [1.82, 2.24) is 10.6 Å². The van der Waals surface area contributed by atoms with E-state index in [0.29, 0.717) is 12.8 Å². The van der Waals surface area contributed by atoms with Gasteiger partial charge in [-0.15, -0.1) is 0 Å². The third-order valence-corrected chi connectivity index (χ3v) is 11.5. The van der Waals surface area contributed by atoms with E-state index in [4.69, 9.17) is 85.8 Å². The number of amides is 2. The molecule has 0 aromatic heterocycles. The number of hydrogen-bond donors (Lipinski definition) is 19.